The van der Waals surface area contributed by atoms with Gasteiger partial charge in [-0.2, -0.15) is 0 Å². The maximum absolute atomic E-state index is 13.1. The number of pyridine rings is 2. The van der Waals surface area contributed by atoms with E-state index in [2.05, 4.69) is 16.0 Å². The summed E-state index contributed by atoms with van der Waals surface area (Å²) in [4.78, 5) is 23.3. The summed E-state index contributed by atoms with van der Waals surface area (Å²) in [6.45, 7) is 5.90. The molecule has 0 saturated carbocycles. The predicted octanol–water partition coefficient (Wildman–Crippen LogP) is 6.98. The Morgan fingerprint density at radius 3 is 2.56 bits per heavy atom. The summed E-state index contributed by atoms with van der Waals surface area (Å²) in [5, 5.41) is 3.03. The van der Waals surface area contributed by atoms with Crippen molar-refractivity contribution in [2.24, 2.45) is 0 Å². The summed E-state index contributed by atoms with van der Waals surface area (Å²) in [6.07, 6.45) is 6.57. The average molecular weight is 452 g/mol. The third-order valence-corrected chi connectivity index (χ3v) is 5.43. The van der Waals surface area contributed by atoms with Crippen molar-refractivity contribution in [1.29, 1.82) is 0 Å². The molecule has 3 aromatic heterocycles. The van der Waals surface area contributed by atoms with Gasteiger partial charge >= 0.3 is 6.09 Å². The van der Waals surface area contributed by atoms with Crippen molar-refractivity contribution in [3.8, 4) is 11.3 Å². The van der Waals surface area contributed by atoms with Crippen LogP contribution in [0, 0.1) is 0 Å². The van der Waals surface area contributed by atoms with Gasteiger partial charge in [0.25, 0.3) is 0 Å². The van der Waals surface area contributed by atoms with Gasteiger partial charge in [0.15, 0.2) is 0 Å². The summed E-state index contributed by atoms with van der Waals surface area (Å²) in [5.41, 5.74) is 2.75. The van der Waals surface area contributed by atoms with E-state index in [1.165, 1.54) is 0 Å². The first-order valence-electron chi connectivity index (χ1n) is 11.1. The van der Waals surface area contributed by atoms with Crippen LogP contribution in [0.4, 0.5) is 10.5 Å². The van der Waals surface area contributed by atoms with Crippen LogP contribution in [0.3, 0.4) is 0 Å². The van der Waals surface area contributed by atoms with E-state index in [0.717, 1.165) is 38.6 Å². The lowest BCUT2D eigenvalue weighted by Crippen LogP contribution is -2.36. The zero-order valence-corrected chi connectivity index (χ0v) is 19.4. The molecular weight excluding hydrogens is 426 g/mol. The Hall–Kier alpha value is -4.19. The zero-order valence-electron chi connectivity index (χ0n) is 19.4. The van der Waals surface area contributed by atoms with Gasteiger partial charge in [0, 0.05) is 34.9 Å². The summed E-state index contributed by atoms with van der Waals surface area (Å²) >= 11 is 0. The van der Waals surface area contributed by atoms with E-state index >= 15 is 0 Å². The highest BCUT2D eigenvalue weighted by Crippen LogP contribution is 2.33. The molecule has 0 saturated heterocycles. The highest BCUT2D eigenvalue weighted by molar-refractivity contribution is 5.97. The normalized spacial score (nSPS) is 11.6. The quantitative estimate of drug-likeness (QED) is 0.295. The second-order valence-electron chi connectivity index (χ2n) is 9.17. The maximum Gasteiger partial charge on any atom is 0.415 e. The lowest BCUT2D eigenvalue weighted by Gasteiger charge is -2.27. The van der Waals surface area contributed by atoms with Crippen LogP contribution in [0.2, 0.25) is 0 Å². The predicted molar refractivity (Wildman–Crippen MR) is 134 cm³/mol. The van der Waals surface area contributed by atoms with E-state index in [0.29, 0.717) is 12.2 Å². The second kappa shape index (κ2) is 8.63. The number of hydrogen-bond donors (Lipinski definition) is 0. The third kappa shape index (κ3) is 4.48. The number of fused-ring (bicyclic) bond motifs is 2. The Morgan fingerprint density at radius 2 is 1.79 bits per heavy atom. The van der Waals surface area contributed by atoms with Crippen LogP contribution in [-0.2, 0) is 11.3 Å². The number of ether oxygens (including phenoxy) is 1. The molecule has 0 radical (unpaired) electrons. The van der Waals surface area contributed by atoms with Gasteiger partial charge in [0.05, 0.1) is 18.4 Å². The van der Waals surface area contributed by atoms with E-state index < -0.39 is 11.7 Å². The van der Waals surface area contributed by atoms with E-state index in [1.54, 1.807) is 23.4 Å². The first-order chi connectivity index (χ1) is 16.4. The van der Waals surface area contributed by atoms with Crippen LogP contribution < -0.4 is 4.90 Å². The smallest absolute Gasteiger partial charge is 0.415 e. The molecule has 0 N–H and O–H groups in total. The molecule has 0 aliphatic carbocycles. The first kappa shape index (κ1) is 21.6. The van der Waals surface area contributed by atoms with Crippen LogP contribution in [-0.4, -0.2) is 21.7 Å². The zero-order chi connectivity index (χ0) is 23.7. The maximum atomic E-state index is 13.1. The number of benzene rings is 2. The summed E-state index contributed by atoms with van der Waals surface area (Å²) in [7, 11) is 0. The van der Waals surface area contributed by atoms with Crippen LogP contribution >= 0.6 is 0 Å². The van der Waals surface area contributed by atoms with Gasteiger partial charge in [0.1, 0.15) is 16.9 Å². The Bertz CT molecular complexity index is 1440. The third-order valence-electron chi connectivity index (χ3n) is 5.43. The Labute approximate surface area is 197 Å². The van der Waals surface area contributed by atoms with Gasteiger partial charge in [-0.25, -0.2) is 4.79 Å². The fourth-order valence-electron chi connectivity index (χ4n) is 3.89. The Balaban J connectivity index is 1.55. The molecule has 0 fully saturated rings. The van der Waals surface area contributed by atoms with E-state index in [-0.39, 0.29) is 0 Å². The lowest BCUT2D eigenvalue weighted by molar-refractivity contribution is 0.0577. The number of hydrogen-bond acceptors (Lipinski definition) is 5. The molecule has 2 aromatic carbocycles. The molecule has 170 valence electrons. The summed E-state index contributed by atoms with van der Waals surface area (Å²) in [6, 6.07) is 19.7. The van der Waals surface area contributed by atoms with Crippen molar-refractivity contribution in [1.82, 2.24) is 9.97 Å². The molecule has 0 atom stereocenters. The standard InChI is InChI=1S/C28H25N3O3/c1-28(2,3)34-27(32)31(22-8-6-12-29-16-22)18-19-10-11-21-15-30-17-24(23(21)13-19)26-14-20-7-4-5-9-25(20)33-26/h4-17H,18H2,1-3H3. The lowest BCUT2D eigenvalue weighted by atomic mass is 10.0. The summed E-state index contributed by atoms with van der Waals surface area (Å²) < 4.78 is 11.8. The van der Waals surface area contributed by atoms with Crippen molar-refractivity contribution >= 4 is 33.5 Å². The van der Waals surface area contributed by atoms with Crippen molar-refractivity contribution in [3.05, 3.63) is 91.0 Å². The number of amides is 1. The number of carbonyl (C=O) groups excluding carboxylic acids is 1. The average Bonchev–Trinajstić information content (AvgIpc) is 3.25. The van der Waals surface area contributed by atoms with Crippen LogP contribution in [0.5, 0.6) is 0 Å². The van der Waals surface area contributed by atoms with Gasteiger partial charge in [-0.05, 0) is 62.1 Å². The Morgan fingerprint density at radius 1 is 0.941 bits per heavy atom. The monoisotopic (exact) mass is 451 g/mol. The van der Waals surface area contributed by atoms with E-state index in [4.69, 9.17) is 9.15 Å². The number of rotatable bonds is 4. The molecule has 0 bridgehead atoms. The Kier molecular flexibility index (Phi) is 5.49. The number of aromatic nitrogens is 2. The van der Waals surface area contributed by atoms with E-state index in [1.807, 2.05) is 81.7 Å². The molecule has 0 aliphatic rings. The topological polar surface area (TPSA) is 68.5 Å². The fourth-order valence-corrected chi connectivity index (χ4v) is 3.89. The largest absolute Gasteiger partial charge is 0.456 e. The highest BCUT2D eigenvalue weighted by Gasteiger charge is 2.24. The van der Waals surface area contributed by atoms with Crippen molar-refractivity contribution < 1.29 is 13.9 Å². The molecule has 0 aliphatic heterocycles. The minimum absolute atomic E-state index is 0.332. The number of carbonyl (C=O) groups is 1. The first-order valence-corrected chi connectivity index (χ1v) is 11.1. The van der Waals surface area contributed by atoms with Gasteiger partial charge in [-0.15, -0.1) is 0 Å². The molecule has 0 unspecified atom stereocenters. The van der Waals surface area contributed by atoms with Gasteiger partial charge in [-0.1, -0.05) is 30.3 Å². The summed E-state index contributed by atoms with van der Waals surface area (Å²) in [5.74, 6) is 0.757. The fraction of sp³-hybridized carbons (Fsp3) is 0.179. The molecule has 5 aromatic rings. The number of anilines is 1. The molecular formula is C28H25N3O3. The molecule has 0 spiro atoms. The molecule has 3 heterocycles. The van der Waals surface area contributed by atoms with E-state index in [9.17, 15) is 4.79 Å². The van der Waals surface area contributed by atoms with Crippen molar-refractivity contribution in [3.63, 3.8) is 0 Å². The van der Waals surface area contributed by atoms with Crippen molar-refractivity contribution in [2.45, 2.75) is 32.9 Å². The van der Waals surface area contributed by atoms with Crippen LogP contribution in [0.15, 0.2) is 89.9 Å². The molecule has 34 heavy (non-hydrogen) atoms. The minimum atomic E-state index is -0.610. The molecule has 6 heteroatoms. The second-order valence-corrected chi connectivity index (χ2v) is 9.17. The number of para-hydroxylation sites is 1. The van der Waals surface area contributed by atoms with Crippen molar-refractivity contribution in [2.75, 3.05) is 4.90 Å². The molecule has 1 amide bonds. The van der Waals surface area contributed by atoms with Gasteiger partial charge in [-0.3, -0.25) is 14.9 Å². The number of furan rings is 1. The number of nitrogens with zero attached hydrogens (tertiary/aromatic N) is 3. The minimum Gasteiger partial charge on any atom is -0.456 e. The molecule has 6 nitrogen and oxygen atoms in total. The van der Waals surface area contributed by atoms with Crippen LogP contribution in [0.25, 0.3) is 33.1 Å². The molecule has 5 rings (SSSR count). The highest BCUT2D eigenvalue weighted by atomic mass is 16.6. The van der Waals surface area contributed by atoms with Crippen LogP contribution in [0.1, 0.15) is 26.3 Å². The van der Waals surface area contributed by atoms with Gasteiger partial charge in [0.2, 0.25) is 0 Å². The van der Waals surface area contributed by atoms with Gasteiger partial charge < -0.3 is 9.15 Å². The SMILES string of the molecule is CC(C)(C)OC(=O)N(Cc1ccc2cncc(-c3cc4ccccc4o3)c2c1)c1cccnc1.